The van der Waals surface area contributed by atoms with Crippen LogP contribution in [0.25, 0.3) is 11.1 Å². The molecule has 2 aliphatic heterocycles. The molecule has 0 unspecified atom stereocenters. The standard InChI is InChI=1S/C26H31FN2O2/c27-22-8-4-7-21(15-22)18-9-11-19(12-10-18)25-23-16-28(26(31)20-5-3-6-20)13-1-2-14-29(23)24(25)17-30/h4,7-12,15,20,23-25,30H,1-3,5-6,13-14,16-17H2/t23-,24-,25+/m0/s1. The van der Waals surface area contributed by atoms with Crippen LogP contribution in [0.5, 0.6) is 0 Å². The first-order chi connectivity index (χ1) is 15.2. The number of aliphatic hydroxyl groups excluding tert-OH is 1. The van der Waals surface area contributed by atoms with Crippen LogP contribution < -0.4 is 0 Å². The summed E-state index contributed by atoms with van der Waals surface area (Å²) in [5, 5.41) is 10.1. The lowest BCUT2D eigenvalue weighted by Crippen LogP contribution is -2.68. The van der Waals surface area contributed by atoms with Crippen LogP contribution >= 0.6 is 0 Å². The summed E-state index contributed by atoms with van der Waals surface area (Å²) in [5.41, 5.74) is 3.04. The van der Waals surface area contributed by atoms with Gasteiger partial charge in [-0.2, -0.15) is 0 Å². The van der Waals surface area contributed by atoms with Gasteiger partial charge in [0.2, 0.25) is 5.91 Å². The minimum absolute atomic E-state index is 0.101. The summed E-state index contributed by atoms with van der Waals surface area (Å²) < 4.78 is 13.6. The van der Waals surface area contributed by atoms with Gasteiger partial charge >= 0.3 is 0 Å². The number of rotatable bonds is 4. The lowest BCUT2D eigenvalue weighted by molar-refractivity contribution is -0.143. The molecule has 0 radical (unpaired) electrons. The van der Waals surface area contributed by atoms with E-state index in [-0.39, 0.29) is 36.3 Å². The van der Waals surface area contributed by atoms with Crippen LogP contribution in [-0.4, -0.2) is 59.1 Å². The minimum atomic E-state index is -0.234. The third-order valence-corrected chi connectivity index (χ3v) is 7.59. The van der Waals surface area contributed by atoms with E-state index in [4.69, 9.17) is 0 Å². The number of fused-ring (bicyclic) bond motifs is 1. The monoisotopic (exact) mass is 422 g/mol. The highest BCUT2D eigenvalue weighted by Crippen LogP contribution is 2.43. The smallest absolute Gasteiger partial charge is 0.225 e. The molecule has 1 aliphatic carbocycles. The van der Waals surface area contributed by atoms with Crippen LogP contribution in [0.1, 0.15) is 43.6 Å². The summed E-state index contributed by atoms with van der Waals surface area (Å²) in [7, 11) is 0. The summed E-state index contributed by atoms with van der Waals surface area (Å²) in [4.78, 5) is 17.5. The highest BCUT2D eigenvalue weighted by atomic mass is 19.1. The Morgan fingerprint density at radius 2 is 1.77 bits per heavy atom. The summed E-state index contributed by atoms with van der Waals surface area (Å²) in [6, 6.07) is 15.3. The molecule has 5 rings (SSSR count). The maximum Gasteiger partial charge on any atom is 0.225 e. The normalized spacial score (nSPS) is 26.9. The average molecular weight is 423 g/mol. The molecule has 0 aromatic heterocycles. The topological polar surface area (TPSA) is 43.8 Å². The molecule has 5 heteroatoms. The first-order valence-corrected chi connectivity index (χ1v) is 11.7. The highest BCUT2D eigenvalue weighted by molar-refractivity contribution is 5.79. The fourth-order valence-electron chi connectivity index (χ4n) is 5.62. The van der Waals surface area contributed by atoms with Gasteiger partial charge in [-0.1, -0.05) is 42.8 Å². The molecule has 0 spiro atoms. The predicted octanol–water partition coefficient (Wildman–Crippen LogP) is 4.04. The van der Waals surface area contributed by atoms with E-state index in [2.05, 4.69) is 21.9 Å². The van der Waals surface area contributed by atoms with Crippen molar-refractivity contribution >= 4 is 5.91 Å². The number of hydrogen-bond donors (Lipinski definition) is 1. The molecular weight excluding hydrogens is 391 g/mol. The summed E-state index contributed by atoms with van der Waals surface area (Å²) >= 11 is 0. The number of aliphatic hydroxyl groups is 1. The van der Waals surface area contributed by atoms with Crippen LogP contribution in [0.15, 0.2) is 48.5 Å². The Morgan fingerprint density at radius 3 is 2.45 bits per heavy atom. The van der Waals surface area contributed by atoms with Crippen molar-refractivity contribution in [2.24, 2.45) is 5.92 Å². The molecule has 31 heavy (non-hydrogen) atoms. The average Bonchev–Trinajstić information content (AvgIpc) is 2.72. The van der Waals surface area contributed by atoms with Gasteiger partial charge in [-0.3, -0.25) is 9.69 Å². The van der Waals surface area contributed by atoms with Crippen LogP contribution in [-0.2, 0) is 4.79 Å². The van der Waals surface area contributed by atoms with Crippen molar-refractivity contribution in [2.45, 2.75) is 50.1 Å². The molecule has 2 aromatic carbocycles. The van der Waals surface area contributed by atoms with Crippen molar-refractivity contribution in [3.63, 3.8) is 0 Å². The SMILES string of the molecule is O=C(C1CCC1)N1CCCCN2[C@@H](CO)[C@H](c3ccc(-c4cccc(F)c4)cc3)[C@@H]2C1. The second-order valence-corrected chi connectivity index (χ2v) is 9.33. The van der Waals surface area contributed by atoms with Crippen LogP contribution in [0, 0.1) is 11.7 Å². The number of nitrogens with zero attached hydrogens (tertiary/aromatic N) is 2. The second-order valence-electron chi connectivity index (χ2n) is 9.33. The van der Waals surface area contributed by atoms with E-state index in [9.17, 15) is 14.3 Å². The third kappa shape index (κ3) is 3.90. The molecular formula is C26H31FN2O2. The zero-order valence-electron chi connectivity index (χ0n) is 17.9. The molecule has 2 saturated heterocycles. The summed E-state index contributed by atoms with van der Waals surface area (Å²) in [6.07, 6.45) is 5.34. The van der Waals surface area contributed by atoms with Crippen molar-refractivity contribution in [1.29, 1.82) is 0 Å². The number of amides is 1. The Morgan fingerprint density at radius 1 is 1.00 bits per heavy atom. The molecule has 3 aliphatic rings. The fourth-order valence-corrected chi connectivity index (χ4v) is 5.62. The maximum absolute atomic E-state index is 13.6. The number of carbonyl (C=O) groups excluding carboxylic acids is 1. The zero-order chi connectivity index (χ0) is 21.4. The molecule has 164 valence electrons. The van der Waals surface area contributed by atoms with Crippen molar-refractivity contribution in [3.8, 4) is 11.1 Å². The molecule has 4 nitrogen and oxygen atoms in total. The van der Waals surface area contributed by atoms with E-state index in [1.807, 2.05) is 18.2 Å². The van der Waals surface area contributed by atoms with Crippen molar-refractivity contribution < 1.29 is 14.3 Å². The molecule has 1 amide bonds. The lowest BCUT2D eigenvalue weighted by atomic mass is 9.74. The first-order valence-electron chi connectivity index (χ1n) is 11.7. The molecule has 3 fully saturated rings. The summed E-state index contributed by atoms with van der Waals surface area (Å²) in [6.45, 7) is 2.72. The molecule has 1 N–H and O–H groups in total. The van der Waals surface area contributed by atoms with Gasteiger partial charge in [0.15, 0.2) is 0 Å². The van der Waals surface area contributed by atoms with Crippen molar-refractivity contribution in [1.82, 2.24) is 9.80 Å². The Bertz CT molecular complexity index is 927. The van der Waals surface area contributed by atoms with E-state index < -0.39 is 0 Å². The molecule has 1 saturated carbocycles. The third-order valence-electron chi connectivity index (χ3n) is 7.59. The van der Waals surface area contributed by atoms with Crippen molar-refractivity contribution in [2.75, 3.05) is 26.2 Å². The van der Waals surface area contributed by atoms with Crippen molar-refractivity contribution in [3.05, 3.63) is 59.9 Å². The lowest BCUT2D eigenvalue weighted by Gasteiger charge is -2.57. The zero-order valence-corrected chi connectivity index (χ0v) is 17.9. The fraction of sp³-hybridized carbons (Fsp3) is 0.500. The molecule has 2 aromatic rings. The van der Waals surface area contributed by atoms with Gasteiger partial charge in [0, 0.05) is 37.0 Å². The Hall–Kier alpha value is -2.24. The van der Waals surface area contributed by atoms with Gasteiger partial charge in [0.1, 0.15) is 5.82 Å². The molecule has 0 bridgehead atoms. The second kappa shape index (κ2) is 8.71. The number of benzene rings is 2. The quantitative estimate of drug-likeness (QED) is 0.809. The van der Waals surface area contributed by atoms with E-state index in [1.54, 1.807) is 12.1 Å². The van der Waals surface area contributed by atoms with Gasteiger partial charge in [0.25, 0.3) is 0 Å². The molecule has 3 atom stereocenters. The molecule has 2 heterocycles. The summed E-state index contributed by atoms with van der Waals surface area (Å²) in [5.74, 6) is 0.537. The Labute approximate surface area is 183 Å². The van der Waals surface area contributed by atoms with Gasteiger partial charge in [-0.25, -0.2) is 4.39 Å². The van der Waals surface area contributed by atoms with Gasteiger partial charge in [-0.15, -0.1) is 0 Å². The highest BCUT2D eigenvalue weighted by Gasteiger charge is 2.49. The number of halogens is 1. The maximum atomic E-state index is 13.6. The predicted molar refractivity (Wildman–Crippen MR) is 119 cm³/mol. The van der Waals surface area contributed by atoms with Crippen LogP contribution in [0.2, 0.25) is 0 Å². The minimum Gasteiger partial charge on any atom is -0.395 e. The van der Waals surface area contributed by atoms with Crippen LogP contribution in [0.3, 0.4) is 0 Å². The largest absolute Gasteiger partial charge is 0.395 e. The Kier molecular flexibility index (Phi) is 5.81. The van der Waals surface area contributed by atoms with Gasteiger partial charge in [0.05, 0.1) is 6.61 Å². The van der Waals surface area contributed by atoms with E-state index in [0.29, 0.717) is 5.91 Å². The van der Waals surface area contributed by atoms with Gasteiger partial charge < -0.3 is 10.0 Å². The first kappa shape index (κ1) is 20.7. The van der Waals surface area contributed by atoms with E-state index >= 15 is 0 Å². The van der Waals surface area contributed by atoms with E-state index in [1.165, 1.54) is 18.1 Å². The Balaban J connectivity index is 1.37. The van der Waals surface area contributed by atoms with Crippen LogP contribution in [0.4, 0.5) is 4.39 Å². The van der Waals surface area contributed by atoms with E-state index in [0.717, 1.165) is 56.4 Å². The van der Waals surface area contributed by atoms with Gasteiger partial charge in [-0.05, 0) is 61.1 Å². The number of carbonyl (C=O) groups is 1. The number of hydrogen-bond acceptors (Lipinski definition) is 3.